The van der Waals surface area contributed by atoms with Crippen LogP contribution in [0.1, 0.15) is 11.1 Å². The maximum Gasteiger partial charge on any atom is 0.574 e. The van der Waals surface area contributed by atoms with Gasteiger partial charge in [-0.05, 0) is 6.07 Å². The second-order valence-corrected chi connectivity index (χ2v) is 3.08. The number of nitrogens with two attached hydrogens (primary N) is 1. The van der Waals surface area contributed by atoms with Crippen LogP contribution in [-0.2, 0) is 12.8 Å². The standard InChI is InChI=1S/C8H6F6N2O2/c9-7(10,11)4-1-5(15)16-6(3(4)2-17)18-8(12,13)14/h1,17H,2H2,(H2,15,16). The minimum Gasteiger partial charge on any atom is -0.391 e. The average molecular weight is 276 g/mol. The van der Waals surface area contributed by atoms with E-state index in [0.717, 1.165) is 0 Å². The zero-order chi connectivity index (χ0) is 14.1. The first kappa shape index (κ1) is 14.4. The van der Waals surface area contributed by atoms with Gasteiger partial charge in [0.05, 0.1) is 17.7 Å². The van der Waals surface area contributed by atoms with E-state index >= 15 is 0 Å². The lowest BCUT2D eigenvalue weighted by Crippen LogP contribution is -2.21. The molecule has 0 aliphatic carbocycles. The highest BCUT2D eigenvalue weighted by atomic mass is 19.4. The number of hydrogen-bond donors (Lipinski definition) is 2. The molecule has 0 radical (unpaired) electrons. The Hall–Kier alpha value is -1.71. The van der Waals surface area contributed by atoms with Gasteiger partial charge >= 0.3 is 12.5 Å². The summed E-state index contributed by atoms with van der Waals surface area (Å²) in [6, 6.07) is 0.314. The number of aliphatic hydroxyl groups excluding tert-OH is 1. The summed E-state index contributed by atoms with van der Waals surface area (Å²) >= 11 is 0. The van der Waals surface area contributed by atoms with Crippen LogP contribution in [-0.4, -0.2) is 16.5 Å². The van der Waals surface area contributed by atoms with Gasteiger partial charge in [0.25, 0.3) is 0 Å². The third-order valence-electron chi connectivity index (χ3n) is 1.78. The first-order valence-electron chi connectivity index (χ1n) is 4.28. The zero-order valence-corrected chi connectivity index (χ0v) is 8.43. The highest BCUT2D eigenvalue weighted by Gasteiger charge is 2.39. The predicted molar refractivity (Wildman–Crippen MR) is 46.3 cm³/mol. The predicted octanol–water partition coefficient (Wildman–Crippen LogP) is 2.07. The summed E-state index contributed by atoms with van der Waals surface area (Å²) in [6.45, 7) is -1.33. The molecular weight excluding hydrogens is 270 g/mol. The molecule has 1 rings (SSSR count). The van der Waals surface area contributed by atoms with E-state index in [1.165, 1.54) is 0 Å². The molecule has 0 bridgehead atoms. The smallest absolute Gasteiger partial charge is 0.391 e. The van der Waals surface area contributed by atoms with Crippen molar-refractivity contribution in [2.75, 3.05) is 5.73 Å². The molecular formula is C8H6F6N2O2. The molecule has 0 aromatic carbocycles. The third-order valence-corrected chi connectivity index (χ3v) is 1.78. The third kappa shape index (κ3) is 3.39. The van der Waals surface area contributed by atoms with E-state index in [2.05, 4.69) is 9.72 Å². The van der Waals surface area contributed by atoms with Gasteiger partial charge in [0.2, 0.25) is 5.88 Å². The van der Waals surface area contributed by atoms with Crippen molar-refractivity contribution in [3.05, 3.63) is 17.2 Å². The summed E-state index contributed by atoms with van der Waals surface area (Å²) in [5.74, 6) is -2.23. The van der Waals surface area contributed by atoms with Crippen LogP contribution in [0.3, 0.4) is 0 Å². The Morgan fingerprint density at radius 2 is 1.78 bits per heavy atom. The van der Waals surface area contributed by atoms with Gasteiger partial charge in [0.15, 0.2) is 0 Å². The molecule has 10 heteroatoms. The summed E-state index contributed by atoms with van der Waals surface area (Å²) in [4.78, 5) is 2.98. The molecule has 0 saturated heterocycles. The van der Waals surface area contributed by atoms with Crippen molar-refractivity contribution in [3.63, 3.8) is 0 Å². The normalized spacial score (nSPS) is 12.6. The topological polar surface area (TPSA) is 68.4 Å². The van der Waals surface area contributed by atoms with E-state index in [4.69, 9.17) is 10.8 Å². The Morgan fingerprint density at radius 1 is 1.22 bits per heavy atom. The fraction of sp³-hybridized carbons (Fsp3) is 0.375. The van der Waals surface area contributed by atoms with Gasteiger partial charge in [0.1, 0.15) is 5.82 Å². The van der Waals surface area contributed by atoms with Crippen molar-refractivity contribution in [2.24, 2.45) is 0 Å². The maximum atomic E-state index is 12.5. The molecule has 0 aliphatic heterocycles. The van der Waals surface area contributed by atoms with Crippen molar-refractivity contribution in [2.45, 2.75) is 19.1 Å². The Balaban J connectivity index is 3.39. The van der Waals surface area contributed by atoms with Crippen LogP contribution in [0.2, 0.25) is 0 Å². The fourth-order valence-corrected chi connectivity index (χ4v) is 1.17. The molecule has 0 unspecified atom stereocenters. The molecule has 0 atom stereocenters. The van der Waals surface area contributed by atoms with E-state index in [0.29, 0.717) is 6.07 Å². The lowest BCUT2D eigenvalue weighted by atomic mass is 10.1. The van der Waals surface area contributed by atoms with Crippen LogP contribution in [0.15, 0.2) is 6.07 Å². The van der Waals surface area contributed by atoms with Crippen LogP contribution in [0.4, 0.5) is 32.2 Å². The Kier molecular flexibility index (Phi) is 3.60. The van der Waals surface area contributed by atoms with Gasteiger partial charge in [-0.1, -0.05) is 0 Å². The Morgan fingerprint density at radius 3 is 2.17 bits per heavy atom. The van der Waals surface area contributed by atoms with E-state index in [1.54, 1.807) is 0 Å². The summed E-state index contributed by atoms with van der Waals surface area (Å²) in [5.41, 5.74) is 2.30. The first-order chi connectivity index (χ1) is 8.04. The SMILES string of the molecule is Nc1cc(C(F)(F)F)c(CO)c(OC(F)(F)F)n1. The monoisotopic (exact) mass is 276 g/mol. The maximum absolute atomic E-state index is 12.5. The van der Waals surface area contributed by atoms with E-state index in [9.17, 15) is 26.3 Å². The van der Waals surface area contributed by atoms with Crippen LogP contribution in [0.25, 0.3) is 0 Å². The largest absolute Gasteiger partial charge is 0.574 e. The molecule has 4 nitrogen and oxygen atoms in total. The number of rotatable bonds is 2. The molecule has 1 aromatic rings. The van der Waals surface area contributed by atoms with Crippen molar-refractivity contribution in [1.82, 2.24) is 4.98 Å². The van der Waals surface area contributed by atoms with Crippen LogP contribution in [0.5, 0.6) is 5.88 Å². The summed E-state index contributed by atoms with van der Waals surface area (Å²) in [7, 11) is 0. The molecule has 3 N–H and O–H groups in total. The first-order valence-corrected chi connectivity index (χ1v) is 4.28. The molecule has 18 heavy (non-hydrogen) atoms. The summed E-state index contributed by atoms with van der Waals surface area (Å²) < 4.78 is 76.6. The molecule has 0 fully saturated rings. The minimum atomic E-state index is -5.24. The van der Waals surface area contributed by atoms with Crippen molar-refractivity contribution in [1.29, 1.82) is 0 Å². The number of ether oxygens (including phenoxy) is 1. The quantitative estimate of drug-likeness (QED) is 0.811. The number of halogens is 6. The zero-order valence-electron chi connectivity index (χ0n) is 8.43. The lowest BCUT2D eigenvalue weighted by molar-refractivity contribution is -0.276. The van der Waals surface area contributed by atoms with Crippen LogP contribution in [0, 0.1) is 0 Å². The molecule has 0 spiro atoms. The molecule has 1 aromatic heterocycles. The number of nitrogens with zero attached hydrogens (tertiary/aromatic N) is 1. The van der Waals surface area contributed by atoms with E-state index in [1.807, 2.05) is 0 Å². The lowest BCUT2D eigenvalue weighted by Gasteiger charge is -2.16. The van der Waals surface area contributed by atoms with E-state index in [-0.39, 0.29) is 0 Å². The van der Waals surface area contributed by atoms with Gasteiger partial charge < -0.3 is 15.6 Å². The van der Waals surface area contributed by atoms with Crippen LogP contribution < -0.4 is 10.5 Å². The molecule has 0 amide bonds. The summed E-state index contributed by atoms with van der Waals surface area (Å²) in [6.07, 6.45) is -10.2. The number of aromatic nitrogens is 1. The number of alkyl halides is 6. The summed E-state index contributed by atoms with van der Waals surface area (Å²) in [5, 5.41) is 8.72. The van der Waals surface area contributed by atoms with Crippen molar-refractivity contribution >= 4 is 5.82 Å². The molecule has 0 saturated carbocycles. The number of aliphatic hydroxyl groups is 1. The number of nitrogen functional groups attached to an aromatic ring is 1. The van der Waals surface area contributed by atoms with Crippen molar-refractivity contribution < 1.29 is 36.2 Å². The van der Waals surface area contributed by atoms with Gasteiger partial charge in [-0.25, -0.2) is 0 Å². The molecule has 0 aliphatic rings. The van der Waals surface area contributed by atoms with Gasteiger partial charge in [-0.3, -0.25) is 0 Å². The second kappa shape index (κ2) is 4.52. The van der Waals surface area contributed by atoms with Gasteiger partial charge in [-0.2, -0.15) is 18.2 Å². The Labute approximate surface area is 96.0 Å². The Bertz CT molecular complexity index is 442. The highest BCUT2D eigenvalue weighted by molar-refractivity contribution is 5.45. The molecule has 102 valence electrons. The van der Waals surface area contributed by atoms with Crippen LogP contribution >= 0.6 is 0 Å². The molecule has 1 heterocycles. The van der Waals surface area contributed by atoms with Gasteiger partial charge in [-0.15, -0.1) is 13.2 Å². The number of anilines is 1. The highest BCUT2D eigenvalue weighted by Crippen LogP contribution is 2.37. The second-order valence-electron chi connectivity index (χ2n) is 3.08. The minimum absolute atomic E-state index is 0.314. The number of hydrogen-bond acceptors (Lipinski definition) is 4. The average Bonchev–Trinajstić information content (AvgIpc) is 2.12. The fourth-order valence-electron chi connectivity index (χ4n) is 1.17. The number of pyridine rings is 1. The van der Waals surface area contributed by atoms with Crippen molar-refractivity contribution in [3.8, 4) is 5.88 Å². The van der Waals surface area contributed by atoms with E-state index < -0.39 is 42.0 Å². The van der Waals surface area contributed by atoms with Gasteiger partial charge in [0, 0.05) is 0 Å².